The van der Waals surface area contributed by atoms with Crippen LogP contribution >= 0.6 is 0 Å². The van der Waals surface area contributed by atoms with Crippen LogP contribution in [0.15, 0.2) is 12.2 Å². The molecule has 18 heavy (non-hydrogen) atoms. The van der Waals surface area contributed by atoms with E-state index in [0.717, 1.165) is 6.08 Å². The predicted molar refractivity (Wildman–Crippen MR) is 59.6 cm³/mol. The summed E-state index contributed by atoms with van der Waals surface area (Å²) >= 11 is 0. The molecule has 0 amide bonds. The normalized spacial score (nSPS) is 16.7. The van der Waals surface area contributed by atoms with E-state index in [9.17, 15) is 19.5 Å². The molecule has 3 N–H and O–H groups in total. The first-order valence-corrected chi connectivity index (χ1v) is 5.16. The number of allylic oxidation sites excluding steroid dienone is 1. The lowest BCUT2D eigenvalue weighted by Crippen LogP contribution is -2.47. The third-order valence-electron chi connectivity index (χ3n) is 2.42. The standard InChI is InChI=1S/C11H16O7/c12-5-2-1-3-9(7-13)11(17,10(15)16)4-6-18-8-14/h1,3,5,8-9,13,17H,2,4,6-7H2,(H,15,16)/b3-1+/t9-,11+/m1/s1/i5D. The van der Waals surface area contributed by atoms with Gasteiger partial charge in [-0.25, -0.2) is 4.79 Å². The largest absolute Gasteiger partial charge is 0.479 e. The first kappa shape index (κ1) is 14.3. The summed E-state index contributed by atoms with van der Waals surface area (Å²) in [5.41, 5.74) is -2.32. The number of carboxylic acids is 1. The number of aldehydes is 1. The summed E-state index contributed by atoms with van der Waals surface area (Å²) in [4.78, 5) is 31.5. The fraction of sp³-hybridized carbons (Fsp3) is 0.545. The van der Waals surface area contributed by atoms with Crippen molar-refractivity contribution in [1.29, 1.82) is 0 Å². The van der Waals surface area contributed by atoms with Crippen molar-refractivity contribution in [3.63, 3.8) is 0 Å². The summed E-state index contributed by atoms with van der Waals surface area (Å²) in [6.45, 7) is -0.884. The number of aliphatic hydroxyl groups excluding tert-OH is 1. The highest BCUT2D eigenvalue weighted by atomic mass is 16.5. The lowest BCUT2D eigenvalue weighted by atomic mass is 9.84. The summed E-state index contributed by atoms with van der Waals surface area (Å²) in [7, 11) is 0. The Balaban J connectivity index is 4.87. The molecule has 2 atom stereocenters. The average molecular weight is 261 g/mol. The summed E-state index contributed by atoms with van der Waals surface area (Å²) in [5, 5.41) is 28.1. The van der Waals surface area contributed by atoms with E-state index < -0.39 is 36.8 Å². The molecule has 0 aliphatic heterocycles. The Morgan fingerprint density at radius 1 is 1.50 bits per heavy atom. The molecule has 7 heteroatoms. The molecule has 0 aromatic heterocycles. The SMILES string of the molecule is [2H]C(=O)C/C=C/[C@H](CO)[C@@](O)(CCOC=O)C(=O)O. The highest BCUT2D eigenvalue weighted by molar-refractivity contribution is 5.78. The first-order chi connectivity index (χ1) is 8.88. The van der Waals surface area contributed by atoms with Crippen molar-refractivity contribution in [2.45, 2.75) is 18.4 Å². The highest BCUT2D eigenvalue weighted by Gasteiger charge is 2.42. The van der Waals surface area contributed by atoms with Gasteiger partial charge in [0.05, 0.1) is 13.2 Å². The molecule has 0 rings (SSSR count). The van der Waals surface area contributed by atoms with Gasteiger partial charge in [0.25, 0.3) is 6.47 Å². The zero-order chi connectivity index (χ0) is 14.9. The Labute approximate surface area is 105 Å². The topological polar surface area (TPSA) is 121 Å². The summed E-state index contributed by atoms with van der Waals surface area (Å²) in [6, 6.07) is 0. The lowest BCUT2D eigenvalue weighted by Gasteiger charge is -2.28. The Bertz CT molecular complexity index is 355. The van der Waals surface area contributed by atoms with E-state index in [1.165, 1.54) is 6.08 Å². The number of aliphatic carboxylic acids is 1. The first-order valence-electron chi connectivity index (χ1n) is 5.66. The maximum Gasteiger partial charge on any atom is 0.336 e. The molecule has 0 aliphatic carbocycles. The number of hydrogen-bond donors (Lipinski definition) is 3. The van der Waals surface area contributed by atoms with E-state index in [-0.39, 0.29) is 19.5 Å². The lowest BCUT2D eigenvalue weighted by molar-refractivity contribution is -0.167. The van der Waals surface area contributed by atoms with Crippen LogP contribution in [-0.2, 0) is 19.1 Å². The number of carboxylic acid groups (broad SMARTS) is 1. The second-order valence-corrected chi connectivity index (χ2v) is 3.51. The van der Waals surface area contributed by atoms with Gasteiger partial charge in [-0.2, -0.15) is 0 Å². The summed E-state index contributed by atoms with van der Waals surface area (Å²) < 4.78 is 11.0. The number of rotatable bonds is 10. The molecule has 0 aliphatic rings. The number of aliphatic hydroxyl groups is 2. The van der Waals surface area contributed by atoms with Crippen molar-refractivity contribution in [2.24, 2.45) is 5.92 Å². The van der Waals surface area contributed by atoms with Crippen LogP contribution in [0.3, 0.4) is 0 Å². The quantitative estimate of drug-likeness (QED) is 0.265. The molecule has 0 aromatic carbocycles. The second kappa shape index (κ2) is 8.37. The van der Waals surface area contributed by atoms with Gasteiger partial charge in [-0.1, -0.05) is 12.2 Å². The van der Waals surface area contributed by atoms with E-state index in [0.29, 0.717) is 0 Å². The maximum atomic E-state index is 11.1. The van der Waals surface area contributed by atoms with Crippen LogP contribution in [0.2, 0.25) is 0 Å². The molecular weight excluding hydrogens is 244 g/mol. The Kier molecular flexibility index (Phi) is 6.67. The van der Waals surface area contributed by atoms with Gasteiger partial charge in [0, 0.05) is 18.8 Å². The molecular formula is C11H16O7. The Morgan fingerprint density at radius 2 is 2.17 bits per heavy atom. The van der Waals surface area contributed by atoms with Crippen molar-refractivity contribution in [2.75, 3.05) is 13.2 Å². The van der Waals surface area contributed by atoms with Crippen LogP contribution in [0.4, 0.5) is 0 Å². The predicted octanol–water partition coefficient (Wildman–Crippen LogP) is -0.881. The zero-order valence-electron chi connectivity index (χ0n) is 10.6. The molecule has 0 heterocycles. The molecule has 0 unspecified atom stereocenters. The number of hydrogen-bond acceptors (Lipinski definition) is 6. The number of carbonyl (C=O) groups is 3. The third-order valence-corrected chi connectivity index (χ3v) is 2.42. The molecule has 102 valence electrons. The fourth-order valence-corrected chi connectivity index (χ4v) is 1.37. The van der Waals surface area contributed by atoms with Crippen molar-refractivity contribution in [3.8, 4) is 0 Å². The molecule has 0 bridgehead atoms. The van der Waals surface area contributed by atoms with Gasteiger partial charge >= 0.3 is 5.97 Å². The summed E-state index contributed by atoms with van der Waals surface area (Å²) in [5.74, 6) is -2.76. The van der Waals surface area contributed by atoms with E-state index >= 15 is 0 Å². The van der Waals surface area contributed by atoms with Crippen molar-refractivity contribution in [1.82, 2.24) is 0 Å². The fourth-order valence-electron chi connectivity index (χ4n) is 1.37. The van der Waals surface area contributed by atoms with Gasteiger partial charge in [-0.15, -0.1) is 0 Å². The van der Waals surface area contributed by atoms with Crippen molar-refractivity contribution >= 4 is 18.7 Å². The third kappa shape index (κ3) is 4.64. The molecule has 0 saturated heterocycles. The van der Waals surface area contributed by atoms with Crippen LogP contribution in [0.1, 0.15) is 14.2 Å². The van der Waals surface area contributed by atoms with Gasteiger partial charge < -0.3 is 24.9 Å². The van der Waals surface area contributed by atoms with Crippen molar-refractivity contribution < 1.29 is 35.8 Å². The van der Waals surface area contributed by atoms with E-state index in [1.54, 1.807) is 0 Å². The highest BCUT2D eigenvalue weighted by Crippen LogP contribution is 2.23. The summed E-state index contributed by atoms with van der Waals surface area (Å²) in [6.07, 6.45) is 0.811. The van der Waals surface area contributed by atoms with E-state index in [1.807, 2.05) is 0 Å². The van der Waals surface area contributed by atoms with Crippen LogP contribution in [0.25, 0.3) is 0 Å². The van der Waals surface area contributed by atoms with Crippen LogP contribution < -0.4 is 0 Å². The van der Waals surface area contributed by atoms with Gasteiger partial charge in [0.2, 0.25) is 0 Å². The van der Waals surface area contributed by atoms with E-state index in [4.69, 9.17) is 11.6 Å². The van der Waals surface area contributed by atoms with E-state index in [2.05, 4.69) is 4.74 Å². The van der Waals surface area contributed by atoms with Gasteiger partial charge in [-0.05, 0) is 0 Å². The average Bonchev–Trinajstić information content (AvgIpc) is 2.34. The Hall–Kier alpha value is -1.73. The minimum absolute atomic E-state index is 0.116. The molecule has 0 spiro atoms. The van der Waals surface area contributed by atoms with Crippen LogP contribution in [0.5, 0.6) is 0 Å². The van der Waals surface area contributed by atoms with Crippen LogP contribution in [-0.4, -0.2) is 52.8 Å². The molecule has 0 aromatic rings. The molecule has 0 radical (unpaired) electrons. The zero-order valence-corrected chi connectivity index (χ0v) is 9.61. The minimum Gasteiger partial charge on any atom is -0.479 e. The van der Waals surface area contributed by atoms with Gasteiger partial charge in [0.15, 0.2) is 5.60 Å². The van der Waals surface area contributed by atoms with Crippen LogP contribution in [0, 0.1) is 5.92 Å². The molecule has 0 saturated carbocycles. The van der Waals surface area contributed by atoms with Crippen molar-refractivity contribution in [3.05, 3.63) is 12.2 Å². The number of ether oxygens (including phenoxy) is 1. The molecule has 0 fully saturated rings. The number of carbonyl (C=O) groups excluding carboxylic acids is 2. The minimum atomic E-state index is -2.32. The maximum absolute atomic E-state index is 11.1. The monoisotopic (exact) mass is 261 g/mol. The second-order valence-electron chi connectivity index (χ2n) is 3.51. The molecule has 7 nitrogen and oxygen atoms in total. The Morgan fingerprint density at radius 3 is 2.61 bits per heavy atom. The van der Waals surface area contributed by atoms with Gasteiger partial charge in [-0.3, -0.25) is 4.79 Å². The smallest absolute Gasteiger partial charge is 0.336 e. The van der Waals surface area contributed by atoms with Gasteiger partial charge in [0.1, 0.15) is 7.63 Å².